The molecule has 4 atom stereocenters. The molecule has 2 rings (SSSR count). The average molecular weight is 254 g/mol. The minimum absolute atomic E-state index is 0.412. The Morgan fingerprint density at radius 3 is 2.78 bits per heavy atom. The summed E-state index contributed by atoms with van der Waals surface area (Å²) in [6.07, 6.45) is 3.86. The molecule has 0 spiro atoms. The maximum atomic E-state index is 6.35. The summed E-state index contributed by atoms with van der Waals surface area (Å²) in [5.74, 6) is 2.37. The first-order valence-corrected chi connectivity index (χ1v) is 7.65. The third-order valence-electron chi connectivity index (χ3n) is 5.00. The molecule has 1 aliphatic heterocycles. The van der Waals surface area contributed by atoms with Crippen LogP contribution in [-0.4, -0.2) is 43.3 Å². The van der Waals surface area contributed by atoms with Gasteiger partial charge in [-0.25, -0.2) is 0 Å². The zero-order valence-corrected chi connectivity index (χ0v) is 12.3. The standard InChI is InChI=1S/C15H30N2O/c1-11(2)13-4-5-15(16)14(8-13)9-17-6-7-18-10-12(17)3/h11-15H,4-10,16H2,1-3H3. The smallest absolute Gasteiger partial charge is 0.0619 e. The third-order valence-corrected chi connectivity index (χ3v) is 5.00. The molecule has 2 N–H and O–H groups in total. The minimum Gasteiger partial charge on any atom is -0.379 e. The van der Waals surface area contributed by atoms with Crippen molar-refractivity contribution in [2.75, 3.05) is 26.3 Å². The van der Waals surface area contributed by atoms with E-state index < -0.39 is 0 Å². The molecular formula is C15H30N2O. The molecule has 3 nitrogen and oxygen atoms in total. The van der Waals surface area contributed by atoms with Crippen LogP contribution in [0.1, 0.15) is 40.0 Å². The lowest BCUT2D eigenvalue weighted by atomic mass is 9.73. The van der Waals surface area contributed by atoms with Crippen molar-refractivity contribution >= 4 is 0 Å². The summed E-state index contributed by atoms with van der Waals surface area (Å²) in [4.78, 5) is 2.58. The summed E-state index contributed by atoms with van der Waals surface area (Å²) >= 11 is 0. The van der Waals surface area contributed by atoms with Crippen LogP contribution in [0, 0.1) is 17.8 Å². The Morgan fingerprint density at radius 1 is 1.33 bits per heavy atom. The van der Waals surface area contributed by atoms with Crippen molar-refractivity contribution in [3.63, 3.8) is 0 Å². The van der Waals surface area contributed by atoms with Crippen LogP contribution < -0.4 is 5.73 Å². The molecule has 4 unspecified atom stereocenters. The number of morpholine rings is 1. The second-order valence-electron chi connectivity index (χ2n) is 6.66. The molecule has 106 valence electrons. The van der Waals surface area contributed by atoms with Gasteiger partial charge >= 0.3 is 0 Å². The summed E-state index contributed by atoms with van der Waals surface area (Å²) < 4.78 is 5.51. The quantitative estimate of drug-likeness (QED) is 0.838. The van der Waals surface area contributed by atoms with E-state index in [-0.39, 0.29) is 0 Å². The van der Waals surface area contributed by atoms with Crippen molar-refractivity contribution < 1.29 is 4.74 Å². The molecule has 1 saturated heterocycles. The first-order chi connectivity index (χ1) is 8.58. The highest BCUT2D eigenvalue weighted by molar-refractivity contribution is 4.87. The molecule has 1 saturated carbocycles. The molecule has 3 heteroatoms. The Morgan fingerprint density at radius 2 is 2.11 bits per heavy atom. The number of nitrogens with zero attached hydrogens (tertiary/aromatic N) is 1. The SMILES string of the molecule is CC(C)C1CCC(N)C(CN2CCOCC2C)C1. The van der Waals surface area contributed by atoms with E-state index in [4.69, 9.17) is 10.5 Å². The van der Waals surface area contributed by atoms with Crippen molar-refractivity contribution in [2.45, 2.75) is 52.1 Å². The molecule has 2 aliphatic rings. The number of rotatable bonds is 3. The molecule has 18 heavy (non-hydrogen) atoms. The van der Waals surface area contributed by atoms with Crippen molar-refractivity contribution in [3.05, 3.63) is 0 Å². The van der Waals surface area contributed by atoms with Gasteiger partial charge < -0.3 is 10.5 Å². The fraction of sp³-hybridized carbons (Fsp3) is 1.00. The van der Waals surface area contributed by atoms with Crippen molar-refractivity contribution in [2.24, 2.45) is 23.5 Å². The second-order valence-corrected chi connectivity index (χ2v) is 6.66. The van der Waals surface area contributed by atoms with Crippen LogP contribution in [0.4, 0.5) is 0 Å². The van der Waals surface area contributed by atoms with Crippen LogP contribution in [0.5, 0.6) is 0 Å². The van der Waals surface area contributed by atoms with Gasteiger partial charge in [0.2, 0.25) is 0 Å². The topological polar surface area (TPSA) is 38.5 Å². The minimum atomic E-state index is 0.412. The van der Waals surface area contributed by atoms with Gasteiger partial charge in [-0.3, -0.25) is 4.90 Å². The summed E-state index contributed by atoms with van der Waals surface area (Å²) in [7, 11) is 0. The van der Waals surface area contributed by atoms with Gasteiger partial charge in [-0.15, -0.1) is 0 Å². The Hall–Kier alpha value is -0.120. The van der Waals surface area contributed by atoms with Crippen LogP contribution in [0.2, 0.25) is 0 Å². The molecule has 0 radical (unpaired) electrons. The zero-order chi connectivity index (χ0) is 13.1. The van der Waals surface area contributed by atoms with Crippen molar-refractivity contribution in [1.82, 2.24) is 4.90 Å². The number of hydrogen-bond acceptors (Lipinski definition) is 3. The van der Waals surface area contributed by atoms with E-state index in [0.29, 0.717) is 18.0 Å². The molecule has 0 amide bonds. The van der Waals surface area contributed by atoms with Gasteiger partial charge in [-0.2, -0.15) is 0 Å². The van der Waals surface area contributed by atoms with Gasteiger partial charge in [0.25, 0.3) is 0 Å². The van der Waals surface area contributed by atoms with Gasteiger partial charge in [-0.1, -0.05) is 13.8 Å². The lowest BCUT2D eigenvalue weighted by Gasteiger charge is -2.41. The lowest BCUT2D eigenvalue weighted by Crippen LogP contribution is -2.50. The van der Waals surface area contributed by atoms with Gasteiger partial charge in [-0.05, 0) is 43.9 Å². The molecule has 0 aromatic heterocycles. The summed E-state index contributed by atoms with van der Waals surface area (Å²) in [5, 5.41) is 0. The molecule has 1 aliphatic carbocycles. The maximum absolute atomic E-state index is 6.35. The largest absolute Gasteiger partial charge is 0.379 e. The monoisotopic (exact) mass is 254 g/mol. The van der Waals surface area contributed by atoms with E-state index >= 15 is 0 Å². The molecule has 0 bridgehead atoms. The first-order valence-electron chi connectivity index (χ1n) is 7.65. The van der Waals surface area contributed by atoms with Gasteiger partial charge in [0, 0.05) is 25.2 Å². The predicted molar refractivity (Wildman–Crippen MR) is 75.5 cm³/mol. The molecular weight excluding hydrogens is 224 g/mol. The van der Waals surface area contributed by atoms with E-state index in [1.54, 1.807) is 0 Å². The van der Waals surface area contributed by atoms with Crippen LogP contribution >= 0.6 is 0 Å². The Labute approximate surface area is 112 Å². The van der Waals surface area contributed by atoms with Crippen LogP contribution in [0.15, 0.2) is 0 Å². The average Bonchev–Trinajstić information content (AvgIpc) is 2.34. The molecule has 0 aromatic carbocycles. The van der Waals surface area contributed by atoms with Crippen LogP contribution in [0.3, 0.4) is 0 Å². The summed E-state index contributed by atoms with van der Waals surface area (Å²) in [6.45, 7) is 11.0. The third kappa shape index (κ3) is 3.46. The van der Waals surface area contributed by atoms with Gasteiger partial charge in [0.05, 0.1) is 13.2 Å². The van der Waals surface area contributed by atoms with Gasteiger partial charge in [0.1, 0.15) is 0 Å². The molecule has 0 aromatic rings. The molecule has 2 fully saturated rings. The predicted octanol–water partition coefficient (Wildman–Crippen LogP) is 2.11. The van der Waals surface area contributed by atoms with Crippen LogP contribution in [0.25, 0.3) is 0 Å². The Balaban J connectivity index is 1.89. The van der Waals surface area contributed by atoms with E-state index in [2.05, 4.69) is 25.7 Å². The summed E-state index contributed by atoms with van der Waals surface area (Å²) in [5.41, 5.74) is 6.35. The van der Waals surface area contributed by atoms with E-state index in [9.17, 15) is 0 Å². The highest BCUT2D eigenvalue weighted by Crippen LogP contribution is 2.33. The Kier molecular flexibility index (Phi) is 5.05. The first kappa shape index (κ1) is 14.3. The molecule has 1 heterocycles. The Bertz CT molecular complexity index is 257. The van der Waals surface area contributed by atoms with E-state index in [0.717, 1.165) is 31.6 Å². The van der Waals surface area contributed by atoms with E-state index in [1.165, 1.54) is 25.8 Å². The van der Waals surface area contributed by atoms with Crippen molar-refractivity contribution in [1.29, 1.82) is 0 Å². The summed E-state index contributed by atoms with van der Waals surface area (Å²) in [6, 6.07) is 0.973. The van der Waals surface area contributed by atoms with E-state index in [1.807, 2.05) is 0 Å². The highest BCUT2D eigenvalue weighted by Gasteiger charge is 2.32. The number of ether oxygens (including phenoxy) is 1. The van der Waals surface area contributed by atoms with Gasteiger partial charge in [0.15, 0.2) is 0 Å². The van der Waals surface area contributed by atoms with Crippen LogP contribution in [-0.2, 0) is 4.74 Å². The number of hydrogen-bond donors (Lipinski definition) is 1. The normalized spacial score (nSPS) is 39.2. The number of nitrogens with two attached hydrogens (primary N) is 1. The zero-order valence-electron chi connectivity index (χ0n) is 12.3. The highest BCUT2D eigenvalue weighted by atomic mass is 16.5. The fourth-order valence-electron chi connectivity index (χ4n) is 3.47. The maximum Gasteiger partial charge on any atom is 0.0619 e. The lowest BCUT2D eigenvalue weighted by molar-refractivity contribution is -0.0142. The second kappa shape index (κ2) is 6.36. The fourth-order valence-corrected chi connectivity index (χ4v) is 3.47. The van der Waals surface area contributed by atoms with Crippen molar-refractivity contribution in [3.8, 4) is 0 Å².